The van der Waals surface area contributed by atoms with E-state index < -0.39 is 0 Å². The number of carbonyl (C=O) groups excluding carboxylic acids is 2. The molecule has 10 heteroatoms. The highest BCUT2D eigenvalue weighted by atomic mass is 79.9. The van der Waals surface area contributed by atoms with Crippen molar-refractivity contribution in [3.05, 3.63) is 107 Å². The zero-order valence-corrected chi connectivity index (χ0v) is 23.7. The summed E-state index contributed by atoms with van der Waals surface area (Å²) in [5, 5.41) is 2.61. The molecule has 1 fully saturated rings. The second-order valence-electron chi connectivity index (χ2n) is 8.11. The van der Waals surface area contributed by atoms with Gasteiger partial charge >= 0.3 is 0 Å². The van der Waals surface area contributed by atoms with Gasteiger partial charge in [0.25, 0.3) is 11.1 Å². The van der Waals surface area contributed by atoms with Crippen LogP contribution in [0.4, 0.5) is 4.79 Å². The Morgan fingerprint density at radius 1 is 0.833 bits per heavy atom. The number of carbonyl (C=O) groups is 2. The summed E-state index contributed by atoms with van der Waals surface area (Å²) in [6.45, 7) is 0.582. The number of aromatic nitrogens is 1. The van der Waals surface area contributed by atoms with Gasteiger partial charge in [-0.3, -0.25) is 14.5 Å². The molecule has 1 aliphatic rings. The number of rotatable bonds is 5. The number of amides is 2. The van der Waals surface area contributed by atoms with Gasteiger partial charge in [0, 0.05) is 53.8 Å². The predicted molar refractivity (Wildman–Crippen MR) is 153 cm³/mol. The zero-order chi connectivity index (χ0) is 25.6. The van der Waals surface area contributed by atoms with E-state index in [9.17, 15) is 9.59 Å². The molecule has 4 aromatic rings. The largest absolute Gasteiger partial charge is 0.342 e. The average molecular weight is 641 g/mol. The second kappa shape index (κ2) is 10.4. The smallest absolute Gasteiger partial charge is 0.293 e. The Morgan fingerprint density at radius 3 is 2.11 bits per heavy atom. The molecule has 1 aliphatic heterocycles. The van der Waals surface area contributed by atoms with E-state index in [0.717, 1.165) is 38.3 Å². The van der Waals surface area contributed by atoms with Crippen molar-refractivity contribution in [1.29, 1.82) is 0 Å². The van der Waals surface area contributed by atoms with Crippen molar-refractivity contribution in [2.75, 3.05) is 0 Å². The maximum absolute atomic E-state index is 13.2. The van der Waals surface area contributed by atoms with Crippen LogP contribution in [0.2, 0.25) is 20.1 Å². The first-order chi connectivity index (χ1) is 17.2. The third-order valence-corrected chi connectivity index (χ3v) is 8.31. The van der Waals surface area contributed by atoms with Gasteiger partial charge in [-0.1, -0.05) is 74.5 Å². The first kappa shape index (κ1) is 25.7. The van der Waals surface area contributed by atoms with Crippen molar-refractivity contribution < 1.29 is 9.59 Å². The monoisotopic (exact) mass is 638 g/mol. The van der Waals surface area contributed by atoms with Crippen LogP contribution in [0, 0.1) is 0 Å². The number of thioether (sulfide) groups is 1. The highest BCUT2D eigenvalue weighted by Gasteiger charge is 2.35. The summed E-state index contributed by atoms with van der Waals surface area (Å²) in [6, 6.07) is 16.3. The molecule has 0 aliphatic carbocycles. The van der Waals surface area contributed by atoms with Crippen molar-refractivity contribution in [3.8, 4) is 0 Å². The van der Waals surface area contributed by atoms with Gasteiger partial charge in [-0.15, -0.1) is 0 Å². The molecule has 4 nitrogen and oxygen atoms in total. The lowest BCUT2D eigenvalue weighted by Gasteiger charge is -2.13. The molecule has 5 rings (SSSR count). The molecular formula is C26H15BrCl4N2O2S. The van der Waals surface area contributed by atoms with Gasteiger partial charge in [-0.25, -0.2) is 0 Å². The number of nitrogens with zero attached hydrogens (tertiary/aromatic N) is 2. The van der Waals surface area contributed by atoms with E-state index in [1.165, 1.54) is 4.90 Å². The second-order valence-corrected chi connectivity index (χ2v) is 11.7. The minimum atomic E-state index is -0.368. The highest BCUT2D eigenvalue weighted by molar-refractivity contribution is 9.10. The third-order valence-electron chi connectivity index (χ3n) is 5.73. The van der Waals surface area contributed by atoms with Crippen LogP contribution in [-0.4, -0.2) is 20.6 Å². The van der Waals surface area contributed by atoms with Gasteiger partial charge in [0.2, 0.25) is 0 Å². The quantitative estimate of drug-likeness (QED) is 0.204. The van der Waals surface area contributed by atoms with Crippen LogP contribution < -0.4 is 0 Å². The Bertz CT molecular complexity index is 1580. The Morgan fingerprint density at radius 2 is 1.47 bits per heavy atom. The zero-order valence-electron chi connectivity index (χ0n) is 18.3. The first-order valence-corrected chi connectivity index (χ1v) is 13.7. The molecule has 0 saturated carbocycles. The molecule has 36 heavy (non-hydrogen) atoms. The predicted octanol–water partition coefficient (Wildman–Crippen LogP) is 9.30. The van der Waals surface area contributed by atoms with Crippen LogP contribution >= 0.6 is 74.1 Å². The molecular weight excluding hydrogens is 626 g/mol. The highest BCUT2D eigenvalue weighted by Crippen LogP contribution is 2.37. The van der Waals surface area contributed by atoms with Gasteiger partial charge in [0.1, 0.15) is 0 Å². The molecule has 2 amide bonds. The number of fused-ring (bicyclic) bond motifs is 1. The van der Waals surface area contributed by atoms with E-state index in [4.69, 9.17) is 46.4 Å². The van der Waals surface area contributed by atoms with Crippen LogP contribution in [-0.2, 0) is 17.9 Å². The average Bonchev–Trinajstić information content (AvgIpc) is 3.28. The Hall–Kier alpha value is -1.93. The fraction of sp³-hybridized carbons (Fsp3) is 0.0769. The van der Waals surface area contributed by atoms with Gasteiger partial charge in [-0.05, 0) is 71.4 Å². The van der Waals surface area contributed by atoms with Crippen LogP contribution in [0.5, 0.6) is 0 Å². The van der Waals surface area contributed by atoms with Crippen molar-refractivity contribution in [2.45, 2.75) is 13.1 Å². The summed E-state index contributed by atoms with van der Waals surface area (Å²) in [5.41, 5.74) is 3.33. The van der Waals surface area contributed by atoms with Gasteiger partial charge in [0.05, 0.1) is 11.4 Å². The molecule has 182 valence electrons. The van der Waals surface area contributed by atoms with Crippen LogP contribution in [0.1, 0.15) is 16.7 Å². The van der Waals surface area contributed by atoms with Crippen molar-refractivity contribution in [3.63, 3.8) is 0 Å². The lowest BCUT2D eigenvalue weighted by atomic mass is 10.1. The van der Waals surface area contributed by atoms with Crippen molar-refractivity contribution >= 4 is 102 Å². The summed E-state index contributed by atoms with van der Waals surface area (Å²) in [7, 11) is 0. The van der Waals surface area contributed by atoms with E-state index in [1.54, 1.807) is 36.4 Å². The molecule has 0 bridgehead atoms. The molecule has 0 spiro atoms. The third kappa shape index (κ3) is 5.21. The summed E-state index contributed by atoms with van der Waals surface area (Å²) in [4.78, 5) is 27.4. The van der Waals surface area contributed by atoms with Gasteiger partial charge < -0.3 is 4.57 Å². The molecule has 0 unspecified atom stereocenters. The molecule has 0 radical (unpaired) electrons. The van der Waals surface area contributed by atoms with E-state index in [-0.39, 0.29) is 17.7 Å². The van der Waals surface area contributed by atoms with Gasteiger partial charge in [0.15, 0.2) is 0 Å². The summed E-state index contributed by atoms with van der Waals surface area (Å²) >= 11 is 29.1. The van der Waals surface area contributed by atoms with Crippen LogP contribution in [0.25, 0.3) is 17.0 Å². The lowest BCUT2D eigenvalue weighted by Crippen LogP contribution is -2.27. The lowest BCUT2D eigenvalue weighted by molar-refractivity contribution is -0.123. The maximum Gasteiger partial charge on any atom is 0.293 e. The molecule has 1 aromatic heterocycles. The Kier molecular flexibility index (Phi) is 7.46. The van der Waals surface area contributed by atoms with E-state index in [1.807, 2.05) is 30.5 Å². The number of hydrogen-bond acceptors (Lipinski definition) is 3. The minimum absolute atomic E-state index is 0.0698. The molecule has 1 saturated heterocycles. The fourth-order valence-electron chi connectivity index (χ4n) is 3.97. The SMILES string of the molecule is O=C1S/C(=C\c2cn(Cc3ccc(Cl)cc3Cl)c3ccc(Br)cc23)C(=O)N1Cc1ccc(Cl)cc1Cl. The Balaban J connectivity index is 1.49. The number of benzene rings is 3. The van der Waals surface area contributed by atoms with Crippen molar-refractivity contribution in [1.82, 2.24) is 9.47 Å². The van der Waals surface area contributed by atoms with E-state index in [0.29, 0.717) is 37.1 Å². The fourth-order valence-corrected chi connectivity index (χ4v) is 6.10. The Labute approximate surface area is 239 Å². The summed E-state index contributed by atoms with van der Waals surface area (Å²) in [5.74, 6) is -0.368. The van der Waals surface area contributed by atoms with E-state index >= 15 is 0 Å². The standard InChI is InChI=1S/C26H15BrCl4N2O2S/c27-17-3-6-23-20(8-17)16(12-32(23)11-14-1-4-18(28)9-21(14)30)7-24-25(34)33(26(35)36-24)13-15-2-5-19(29)10-22(15)31/h1-10,12H,11,13H2/b24-7-. The molecule has 2 heterocycles. The minimum Gasteiger partial charge on any atom is -0.342 e. The molecule has 0 atom stereocenters. The van der Waals surface area contributed by atoms with Crippen LogP contribution in [0.15, 0.2) is 70.2 Å². The number of halogens is 5. The normalized spacial score (nSPS) is 15.0. The van der Waals surface area contributed by atoms with Crippen LogP contribution in [0.3, 0.4) is 0 Å². The number of imide groups is 1. The maximum atomic E-state index is 13.2. The summed E-state index contributed by atoms with van der Waals surface area (Å²) in [6.07, 6.45) is 3.70. The first-order valence-electron chi connectivity index (χ1n) is 10.6. The van der Waals surface area contributed by atoms with E-state index in [2.05, 4.69) is 20.5 Å². The van der Waals surface area contributed by atoms with Crippen molar-refractivity contribution in [2.24, 2.45) is 0 Å². The molecule has 3 aromatic carbocycles. The van der Waals surface area contributed by atoms with Gasteiger partial charge in [-0.2, -0.15) is 0 Å². The topological polar surface area (TPSA) is 42.3 Å². The summed E-state index contributed by atoms with van der Waals surface area (Å²) < 4.78 is 2.96. The molecule has 0 N–H and O–H groups in total. The number of hydrogen-bond donors (Lipinski definition) is 0.